The Labute approximate surface area is 159 Å². The van der Waals surface area contributed by atoms with Crippen molar-refractivity contribution in [2.45, 2.75) is 6.54 Å². The molecule has 8 heteroatoms. The van der Waals surface area contributed by atoms with Gasteiger partial charge in [-0.1, -0.05) is 29.3 Å². The van der Waals surface area contributed by atoms with E-state index in [1.807, 2.05) is 30.6 Å². The summed E-state index contributed by atoms with van der Waals surface area (Å²) in [5, 5.41) is 10.1. The first-order valence-electron chi connectivity index (χ1n) is 7.44. The number of rotatable bonds is 6. The number of carbonyl (C=O) groups is 1. The molecule has 0 fully saturated rings. The van der Waals surface area contributed by atoms with E-state index in [1.54, 1.807) is 34.2 Å². The van der Waals surface area contributed by atoms with Crippen LogP contribution in [-0.4, -0.2) is 22.3 Å². The average Bonchev–Trinajstić information content (AvgIpc) is 3.21. The third-order valence-electron chi connectivity index (χ3n) is 3.42. The molecule has 0 bridgehead atoms. The van der Waals surface area contributed by atoms with Crippen LogP contribution in [0.5, 0.6) is 5.75 Å². The number of nitrogens with zero attached hydrogens (tertiary/aromatic N) is 2. The molecule has 0 saturated carbocycles. The average molecular weight is 396 g/mol. The highest BCUT2D eigenvalue weighted by atomic mass is 35.5. The summed E-state index contributed by atoms with van der Waals surface area (Å²) >= 11 is 13.5. The van der Waals surface area contributed by atoms with E-state index in [0.717, 1.165) is 16.3 Å². The van der Waals surface area contributed by atoms with Crippen LogP contribution >= 0.6 is 34.5 Å². The van der Waals surface area contributed by atoms with E-state index in [4.69, 9.17) is 27.9 Å². The van der Waals surface area contributed by atoms with Crippen molar-refractivity contribution in [2.24, 2.45) is 7.05 Å². The highest BCUT2D eigenvalue weighted by Gasteiger charge is 2.10. The van der Waals surface area contributed by atoms with E-state index in [9.17, 15) is 4.79 Å². The zero-order chi connectivity index (χ0) is 17.8. The summed E-state index contributed by atoms with van der Waals surface area (Å²) in [4.78, 5) is 13.1. The van der Waals surface area contributed by atoms with Crippen molar-refractivity contribution >= 4 is 40.4 Å². The van der Waals surface area contributed by atoms with Crippen LogP contribution in [0.1, 0.15) is 5.69 Å². The van der Waals surface area contributed by atoms with Crippen molar-refractivity contribution in [3.8, 4) is 16.3 Å². The van der Waals surface area contributed by atoms with E-state index >= 15 is 0 Å². The highest BCUT2D eigenvalue weighted by molar-refractivity contribution is 7.13. The number of aromatic nitrogens is 2. The van der Waals surface area contributed by atoms with Crippen LogP contribution in [0.25, 0.3) is 10.6 Å². The Balaban J connectivity index is 1.53. The number of nitrogens with one attached hydrogen (secondary N) is 1. The van der Waals surface area contributed by atoms with E-state index in [0.29, 0.717) is 22.3 Å². The molecule has 1 N–H and O–H groups in total. The number of aryl methyl sites for hydroxylation is 1. The first-order valence-corrected chi connectivity index (χ1v) is 9.08. The van der Waals surface area contributed by atoms with Gasteiger partial charge >= 0.3 is 0 Å². The van der Waals surface area contributed by atoms with Gasteiger partial charge < -0.3 is 10.1 Å². The molecule has 5 nitrogen and oxygen atoms in total. The molecular formula is C17H15Cl2N3O2S. The molecule has 2 aromatic heterocycles. The largest absolute Gasteiger partial charge is 0.482 e. The van der Waals surface area contributed by atoms with E-state index in [1.165, 1.54) is 0 Å². The Morgan fingerprint density at radius 1 is 1.32 bits per heavy atom. The number of amides is 1. The van der Waals surface area contributed by atoms with Gasteiger partial charge in [0.05, 0.1) is 27.8 Å². The van der Waals surface area contributed by atoms with Crippen molar-refractivity contribution in [3.05, 3.63) is 57.5 Å². The lowest BCUT2D eigenvalue weighted by atomic mass is 10.3. The minimum absolute atomic E-state index is 0.133. The number of hydrogen-bond acceptors (Lipinski definition) is 4. The zero-order valence-corrected chi connectivity index (χ0v) is 15.7. The molecule has 0 saturated heterocycles. The Bertz CT molecular complexity index is 878. The Morgan fingerprint density at radius 2 is 2.16 bits per heavy atom. The second-order valence-electron chi connectivity index (χ2n) is 5.26. The molecular weight excluding hydrogens is 381 g/mol. The van der Waals surface area contributed by atoms with Gasteiger partial charge in [-0.2, -0.15) is 5.10 Å². The number of ether oxygens (including phenoxy) is 1. The lowest BCUT2D eigenvalue weighted by Crippen LogP contribution is -2.28. The Morgan fingerprint density at radius 3 is 2.88 bits per heavy atom. The number of hydrogen-bond donors (Lipinski definition) is 1. The molecule has 3 aromatic rings. The summed E-state index contributed by atoms with van der Waals surface area (Å²) < 4.78 is 7.21. The maximum Gasteiger partial charge on any atom is 0.258 e. The molecule has 1 amide bonds. The quantitative estimate of drug-likeness (QED) is 0.681. The third kappa shape index (κ3) is 4.54. The highest BCUT2D eigenvalue weighted by Crippen LogP contribution is 2.27. The number of benzene rings is 1. The third-order valence-corrected chi connectivity index (χ3v) is 4.85. The Hall–Kier alpha value is -2.02. The normalized spacial score (nSPS) is 10.7. The van der Waals surface area contributed by atoms with Crippen molar-refractivity contribution in [1.29, 1.82) is 0 Å². The number of carbonyl (C=O) groups excluding carboxylic acids is 1. The van der Waals surface area contributed by atoms with E-state index in [2.05, 4.69) is 10.4 Å². The molecule has 0 unspecified atom stereocenters. The van der Waals surface area contributed by atoms with Gasteiger partial charge in [-0.25, -0.2) is 0 Å². The van der Waals surface area contributed by atoms with Gasteiger partial charge in [0.2, 0.25) is 0 Å². The standard InChI is InChI=1S/C17H15Cl2N3O2S/c1-22-14(16-3-2-6-25-16)8-12(21-22)9-20-17(23)10-24-15-5-4-11(18)7-13(15)19/h2-8H,9-10H2,1H3,(H,20,23). The SMILES string of the molecule is Cn1nc(CNC(=O)COc2ccc(Cl)cc2Cl)cc1-c1cccs1. The molecule has 0 atom stereocenters. The van der Waals surface area contributed by atoms with Gasteiger partial charge in [0.1, 0.15) is 5.75 Å². The summed E-state index contributed by atoms with van der Waals surface area (Å²) in [6, 6.07) is 10.8. The molecule has 3 rings (SSSR count). The van der Waals surface area contributed by atoms with Gasteiger partial charge in [-0.05, 0) is 35.7 Å². The van der Waals surface area contributed by atoms with Gasteiger partial charge in [-0.15, -0.1) is 11.3 Å². The number of halogens is 2. The summed E-state index contributed by atoms with van der Waals surface area (Å²) in [5.41, 5.74) is 1.80. The molecule has 25 heavy (non-hydrogen) atoms. The second-order valence-corrected chi connectivity index (χ2v) is 7.05. The van der Waals surface area contributed by atoms with Crippen molar-refractivity contribution in [3.63, 3.8) is 0 Å². The molecule has 0 aliphatic heterocycles. The lowest BCUT2D eigenvalue weighted by molar-refractivity contribution is -0.123. The zero-order valence-electron chi connectivity index (χ0n) is 13.3. The maximum atomic E-state index is 12.0. The van der Waals surface area contributed by atoms with Crippen LogP contribution in [0, 0.1) is 0 Å². The van der Waals surface area contributed by atoms with Gasteiger partial charge in [-0.3, -0.25) is 9.48 Å². The van der Waals surface area contributed by atoms with Crippen LogP contribution < -0.4 is 10.1 Å². The summed E-state index contributed by atoms with van der Waals surface area (Å²) in [6.45, 7) is 0.196. The smallest absolute Gasteiger partial charge is 0.258 e. The van der Waals surface area contributed by atoms with Crippen LogP contribution in [0.2, 0.25) is 10.0 Å². The molecule has 0 aliphatic rings. The molecule has 2 heterocycles. The topological polar surface area (TPSA) is 56.2 Å². The summed E-state index contributed by atoms with van der Waals surface area (Å²) in [7, 11) is 1.88. The molecule has 0 radical (unpaired) electrons. The molecule has 1 aromatic carbocycles. The second kappa shape index (κ2) is 7.91. The minimum atomic E-state index is -0.255. The fraction of sp³-hybridized carbons (Fsp3) is 0.176. The van der Waals surface area contributed by atoms with Crippen molar-refractivity contribution in [1.82, 2.24) is 15.1 Å². The van der Waals surface area contributed by atoms with Gasteiger partial charge in [0.15, 0.2) is 6.61 Å². The first-order chi connectivity index (χ1) is 12.0. The maximum absolute atomic E-state index is 12.0. The monoisotopic (exact) mass is 395 g/mol. The fourth-order valence-corrected chi connectivity index (χ4v) is 3.48. The van der Waals surface area contributed by atoms with Gasteiger partial charge in [0.25, 0.3) is 5.91 Å². The van der Waals surface area contributed by atoms with Crippen molar-refractivity contribution in [2.75, 3.05) is 6.61 Å². The van der Waals surface area contributed by atoms with Crippen LogP contribution in [0.3, 0.4) is 0 Å². The molecule has 130 valence electrons. The molecule has 0 aliphatic carbocycles. The van der Waals surface area contributed by atoms with Crippen LogP contribution in [-0.2, 0) is 18.4 Å². The van der Waals surface area contributed by atoms with E-state index < -0.39 is 0 Å². The predicted octanol–water partition coefficient (Wildman–Crippen LogP) is 4.15. The molecule has 0 spiro atoms. The first kappa shape index (κ1) is 17.8. The number of thiophene rings is 1. The van der Waals surface area contributed by atoms with Gasteiger partial charge in [0, 0.05) is 12.1 Å². The minimum Gasteiger partial charge on any atom is -0.482 e. The van der Waals surface area contributed by atoms with Crippen LogP contribution in [0.4, 0.5) is 0 Å². The predicted molar refractivity (Wildman–Crippen MR) is 100 cm³/mol. The summed E-state index contributed by atoms with van der Waals surface area (Å²) in [6.07, 6.45) is 0. The van der Waals surface area contributed by atoms with Crippen molar-refractivity contribution < 1.29 is 9.53 Å². The van der Waals surface area contributed by atoms with E-state index in [-0.39, 0.29) is 12.5 Å². The van der Waals surface area contributed by atoms with Crippen LogP contribution in [0.15, 0.2) is 41.8 Å². The lowest BCUT2D eigenvalue weighted by Gasteiger charge is -2.08. The summed E-state index contributed by atoms with van der Waals surface area (Å²) in [5.74, 6) is 0.161. The Kier molecular flexibility index (Phi) is 5.63. The fourth-order valence-electron chi connectivity index (χ4n) is 2.24.